The highest BCUT2D eigenvalue weighted by Gasteiger charge is 2.30. The van der Waals surface area contributed by atoms with Crippen LogP contribution in [0.5, 0.6) is 0 Å². The first-order valence-electron chi connectivity index (χ1n) is 7.15. The van der Waals surface area contributed by atoms with Gasteiger partial charge in [-0.2, -0.15) is 0 Å². The van der Waals surface area contributed by atoms with E-state index in [0.717, 1.165) is 6.54 Å². The summed E-state index contributed by atoms with van der Waals surface area (Å²) in [4.78, 5) is 2.26. The molecule has 114 valence electrons. The summed E-state index contributed by atoms with van der Waals surface area (Å²) < 4.78 is 11.7. The zero-order chi connectivity index (χ0) is 14.8. The lowest BCUT2D eigenvalue weighted by Crippen LogP contribution is -2.37. The van der Waals surface area contributed by atoms with E-state index in [9.17, 15) is 0 Å². The van der Waals surface area contributed by atoms with Crippen LogP contribution in [0.2, 0.25) is 0 Å². The minimum Gasteiger partial charge on any atom is -0.444 e. The number of furan rings is 1. The van der Waals surface area contributed by atoms with Crippen molar-refractivity contribution in [3.05, 3.63) is 22.7 Å². The van der Waals surface area contributed by atoms with Gasteiger partial charge < -0.3 is 14.6 Å². The molecule has 0 bridgehead atoms. The molecule has 0 aliphatic heterocycles. The molecular formula is C14H19BrN4O2. The van der Waals surface area contributed by atoms with E-state index in [1.807, 2.05) is 0 Å². The van der Waals surface area contributed by atoms with Crippen LogP contribution >= 0.6 is 15.9 Å². The highest BCUT2D eigenvalue weighted by Crippen LogP contribution is 2.29. The maximum Gasteiger partial charge on any atom is 0.283 e. The van der Waals surface area contributed by atoms with Crippen molar-refractivity contribution in [2.24, 2.45) is 11.7 Å². The Labute approximate surface area is 131 Å². The molecule has 2 N–H and O–H groups in total. The highest BCUT2D eigenvalue weighted by atomic mass is 79.9. The SMILES string of the molecule is CN(Cc1nnc(-c2ccc(Br)o2)o1)C1CCCC1CN. The average Bonchev–Trinajstić information content (AvgIpc) is 3.17. The standard InChI is InChI=1S/C14H19BrN4O2/c1-19(10-4-2-3-9(10)7-16)8-13-17-18-14(21-13)11-5-6-12(15)20-11/h5-6,9-10H,2-4,7-8,16H2,1H3. The first-order valence-corrected chi connectivity index (χ1v) is 7.95. The topological polar surface area (TPSA) is 81.3 Å². The molecule has 1 saturated carbocycles. The van der Waals surface area contributed by atoms with Gasteiger partial charge in [-0.3, -0.25) is 4.90 Å². The third kappa shape index (κ3) is 3.20. The van der Waals surface area contributed by atoms with E-state index in [0.29, 0.717) is 40.7 Å². The minimum absolute atomic E-state index is 0.408. The monoisotopic (exact) mass is 354 g/mol. The van der Waals surface area contributed by atoms with Gasteiger partial charge in [0.05, 0.1) is 6.54 Å². The van der Waals surface area contributed by atoms with Crippen LogP contribution in [0, 0.1) is 5.92 Å². The predicted molar refractivity (Wildman–Crippen MR) is 81.4 cm³/mol. The lowest BCUT2D eigenvalue weighted by atomic mass is 10.0. The fourth-order valence-electron chi connectivity index (χ4n) is 3.05. The zero-order valence-electron chi connectivity index (χ0n) is 12.0. The molecule has 2 heterocycles. The number of nitrogens with two attached hydrogens (primary N) is 1. The largest absolute Gasteiger partial charge is 0.444 e. The molecule has 0 aromatic carbocycles. The molecule has 21 heavy (non-hydrogen) atoms. The summed E-state index contributed by atoms with van der Waals surface area (Å²) in [5, 5.41) is 8.14. The highest BCUT2D eigenvalue weighted by molar-refractivity contribution is 9.10. The van der Waals surface area contributed by atoms with Gasteiger partial charge in [0.15, 0.2) is 10.4 Å². The Hall–Kier alpha value is -1.18. The second-order valence-electron chi connectivity index (χ2n) is 5.51. The van der Waals surface area contributed by atoms with Gasteiger partial charge in [0, 0.05) is 6.04 Å². The van der Waals surface area contributed by atoms with E-state index in [1.54, 1.807) is 12.1 Å². The van der Waals surface area contributed by atoms with Crippen LogP contribution in [0.3, 0.4) is 0 Å². The molecule has 0 saturated heterocycles. The zero-order valence-corrected chi connectivity index (χ0v) is 13.5. The maximum absolute atomic E-state index is 5.84. The summed E-state index contributed by atoms with van der Waals surface area (Å²) in [6.45, 7) is 1.38. The third-order valence-corrected chi connectivity index (χ3v) is 4.55. The molecular weight excluding hydrogens is 336 g/mol. The Bertz CT molecular complexity index is 597. The van der Waals surface area contributed by atoms with Gasteiger partial charge in [-0.1, -0.05) is 6.42 Å². The summed E-state index contributed by atoms with van der Waals surface area (Å²) >= 11 is 3.26. The number of hydrogen-bond acceptors (Lipinski definition) is 6. The van der Waals surface area contributed by atoms with Crippen LogP contribution in [-0.2, 0) is 6.54 Å². The smallest absolute Gasteiger partial charge is 0.283 e. The van der Waals surface area contributed by atoms with E-state index >= 15 is 0 Å². The second-order valence-corrected chi connectivity index (χ2v) is 6.30. The fourth-order valence-corrected chi connectivity index (χ4v) is 3.36. The maximum atomic E-state index is 5.84. The average molecular weight is 355 g/mol. The van der Waals surface area contributed by atoms with Gasteiger partial charge in [-0.05, 0) is 60.4 Å². The summed E-state index contributed by atoms with van der Waals surface area (Å²) in [6.07, 6.45) is 3.64. The van der Waals surface area contributed by atoms with E-state index in [4.69, 9.17) is 14.6 Å². The molecule has 2 aromatic heterocycles. The minimum atomic E-state index is 0.408. The third-order valence-electron chi connectivity index (χ3n) is 4.12. The molecule has 0 spiro atoms. The Morgan fingerprint density at radius 3 is 2.90 bits per heavy atom. The lowest BCUT2D eigenvalue weighted by Gasteiger charge is -2.27. The summed E-state index contributed by atoms with van der Waals surface area (Å²) in [7, 11) is 2.09. The number of aromatic nitrogens is 2. The Morgan fingerprint density at radius 1 is 1.33 bits per heavy atom. The van der Waals surface area contributed by atoms with Crippen molar-refractivity contribution >= 4 is 15.9 Å². The Balaban J connectivity index is 1.67. The van der Waals surface area contributed by atoms with Crippen molar-refractivity contribution < 1.29 is 8.83 Å². The van der Waals surface area contributed by atoms with Crippen LogP contribution in [0.1, 0.15) is 25.2 Å². The van der Waals surface area contributed by atoms with Crippen molar-refractivity contribution in [2.45, 2.75) is 31.8 Å². The summed E-state index contributed by atoms with van der Waals surface area (Å²) in [5.74, 6) is 2.15. The van der Waals surface area contributed by atoms with E-state index in [-0.39, 0.29) is 0 Å². The normalized spacial score (nSPS) is 22.3. The molecule has 2 atom stereocenters. The molecule has 2 unspecified atom stereocenters. The van der Waals surface area contributed by atoms with Gasteiger partial charge in [0.2, 0.25) is 5.89 Å². The van der Waals surface area contributed by atoms with E-state index < -0.39 is 0 Å². The number of rotatable bonds is 5. The van der Waals surface area contributed by atoms with Gasteiger partial charge in [0.1, 0.15) is 0 Å². The van der Waals surface area contributed by atoms with Gasteiger partial charge in [0.25, 0.3) is 5.89 Å². The number of halogens is 1. The number of nitrogens with zero attached hydrogens (tertiary/aromatic N) is 3. The van der Waals surface area contributed by atoms with Crippen molar-refractivity contribution in [3.63, 3.8) is 0 Å². The van der Waals surface area contributed by atoms with Crippen molar-refractivity contribution in [3.8, 4) is 11.7 Å². The van der Waals surface area contributed by atoms with Crippen molar-refractivity contribution in [1.29, 1.82) is 0 Å². The molecule has 1 aliphatic rings. The molecule has 2 aromatic rings. The van der Waals surface area contributed by atoms with Crippen molar-refractivity contribution in [1.82, 2.24) is 15.1 Å². The predicted octanol–water partition coefficient (Wildman–Crippen LogP) is 2.65. The Kier molecular flexibility index (Phi) is 4.42. The molecule has 3 rings (SSSR count). The van der Waals surface area contributed by atoms with Crippen molar-refractivity contribution in [2.75, 3.05) is 13.6 Å². The van der Waals surface area contributed by atoms with Crippen LogP contribution in [0.4, 0.5) is 0 Å². The second kappa shape index (κ2) is 6.29. The molecule has 1 aliphatic carbocycles. The van der Waals surface area contributed by atoms with Crippen LogP contribution in [0.25, 0.3) is 11.7 Å². The van der Waals surface area contributed by atoms with Crippen LogP contribution < -0.4 is 5.73 Å². The molecule has 7 heteroatoms. The van der Waals surface area contributed by atoms with Gasteiger partial charge in [-0.25, -0.2) is 0 Å². The molecule has 1 fully saturated rings. The van der Waals surface area contributed by atoms with E-state index in [2.05, 4.69) is 38.1 Å². The fraction of sp³-hybridized carbons (Fsp3) is 0.571. The first-order chi connectivity index (χ1) is 10.2. The molecule has 6 nitrogen and oxygen atoms in total. The quantitative estimate of drug-likeness (QED) is 0.888. The van der Waals surface area contributed by atoms with Gasteiger partial charge >= 0.3 is 0 Å². The first kappa shape index (κ1) is 14.7. The molecule has 0 amide bonds. The Morgan fingerprint density at radius 2 is 2.19 bits per heavy atom. The van der Waals surface area contributed by atoms with Crippen LogP contribution in [-0.4, -0.2) is 34.7 Å². The van der Waals surface area contributed by atoms with Crippen LogP contribution in [0.15, 0.2) is 25.6 Å². The lowest BCUT2D eigenvalue weighted by molar-refractivity contribution is 0.177. The number of hydrogen-bond donors (Lipinski definition) is 1. The van der Waals surface area contributed by atoms with E-state index in [1.165, 1.54) is 19.3 Å². The summed E-state index contributed by atoms with van der Waals surface area (Å²) in [6, 6.07) is 4.10. The summed E-state index contributed by atoms with van der Waals surface area (Å²) in [5.41, 5.74) is 5.84. The van der Waals surface area contributed by atoms with Gasteiger partial charge in [-0.15, -0.1) is 10.2 Å². The molecule has 0 radical (unpaired) electrons.